The topological polar surface area (TPSA) is 119 Å². The highest BCUT2D eigenvalue weighted by atomic mass is 16.5. The number of rotatable bonds is 5. The van der Waals surface area contributed by atoms with Crippen molar-refractivity contribution in [3.8, 4) is 11.3 Å². The van der Waals surface area contributed by atoms with Gasteiger partial charge in [0.25, 0.3) is 0 Å². The average Bonchev–Trinajstić information content (AvgIpc) is 3.13. The van der Waals surface area contributed by atoms with E-state index in [0.717, 1.165) is 50.5 Å². The Morgan fingerprint density at radius 3 is 2.38 bits per heavy atom. The van der Waals surface area contributed by atoms with E-state index in [1.54, 1.807) is 4.90 Å². The minimum absolute atomic E-state index is 0.886. The Morgan fingerprint density at radius 2 is 1.77 bits per heavy atom. The minimum atomic E-state index is -1.82. The van der Waals surface area contributed by atoms with E-state index in [1.165, 1.54) is 6.54 Å². The number of carboxylic acid groups (broad SMARTS) is 2. The largest absolute Gasteiger partial charge is 0.473 e. The Morgan fingerprint density at radius 1 is 1.12 bits per heavy atom. The molecule has 3 rings (SSSR count). The third-order valence-electron chi connectivity index (χ3n) is 3.88. The maximum absolute atomic E-state index is 9.10. The molecule has 0 amide bonds. The number of morpholine rings is 1. The number of ether oxygens (including phenoxy) is 1. The Kier molecular flexibility index (Phi) is 7.72. The Balaban J connectivity index is 0.000000352. The summed E-state index contributed by atoms with van der Waals surface area (Å²) in [6.07, 6.45) is 2.95. The van der Waals surface area contributed by atoms with Gasteiger partial charge in [-0.1, -0.05) is 30.3 Å². The van der Waals surface area contributed by atoms with E-state index < -0.39 is 11.9 Å². The quantitative estimate of drug-likeness (QED) is 0.607. The van der Waals surface area contributed by atoms with Crippen LogP contribution in [0.1, 0.15) is 6.42 Å². The van der Waals surface area contributed by atoms with E-state index in [0.29, 0.717) is 0 Å². The van der Waals surface area contributed by atoms with Crippen LogP contribution in [-0.2, 0) is 20.9 Å². The molecular formula is C17H23N4O5+. The van der Waals surface area contributed by atoms with Crippen LogP contribution in [0.25, 0.3) is 11.3 Å². The van der Waals surface area contributed by atoms with Gasteiger partial charge in [0.2, 0.25) is 0 Å². The fourth-order valence-corrected chi connectivity index (χ4v) is 2.53. The summed E-state index contributed by atoms with van der Waals surface area (Å²) in [5.74, 6) is -3.65. The maximum Gasteiger partial charge on any atom is 0.414 e. The van der Waals surface area contributed by atoms with Crippen molar-refractivity contribution in [1.82, 2.24) is 15.0 Å². The Hall–Kier alpha value is -2.78. The molecule has 9 heteroatoms. The smallest absolute Gasteiger partial charge is 0.414 e. The number of carbonyl (C=O) groups is 2. The van der Waals surface area contributed by atoms with Crippen LogP contribution < -0.4 is 4.90 Å². The number of aliphatic carboxylic acids is 2. The summed E-state index contributed by atoms with van der Waals surface area (Å²) >= 11 is 0. The molecule has 140 valence electrons. The molecule has 0 bridgehead atoms. The Labute approximate surface area is 150 Å². The summed E-state index contributed by atoms with van der Waals surface area (Å²) in [4.78, 5) is 21.6. The monoisotopic (exact) mass is 363 g/mol. The standard InChI is InChI=1S/C15H20N4O.C2H2O4/c1-2-5-14(6-3-1)15-13-16-19(17-15)8-4-7-18-9-11-20-12-10-18;3-1(4)2(5)6/h1-3,5-6,13H,4,7-12H2;(H,3,4)(H,5,6)/p+1. The second-order valence-electron chi connectivity index (χ2n) is 5.77. The first-order chi connectivity index (χ1) is 12.6. The molecular weight excluding hydrogens is 340 g/mol. The highest BCUT2D eigenvalue weighted by molar-refractivity contribution is 6.27. The van der Waals surface area contributed by atoms with E-state index in [-0.39, 0.29) is 0 Å². The van der Waals surface area contributed by atoms with Crippen molar-refractivity contribution >= 4 is 11.9 Å². The van der Waals surface area contributed by atoms with Crippen LogP contribution >= 0.6 is 0 Å². The predicted octanol–water partition coefficient (Wildman–Crippen LogP) is -0.594. The predicted molar refractivity (Wildman–Crippen MR) is 91.7 cm³/mol. The van der Waals surface area contributed by atoms with Crippen LogP contribution in [0.2, 0.25) is 0 Å². The lowest BCUT2D eigenvalue weighted by Crippen LogP contribution is -3.14. The number of quaternary nitrogens is 1. The molecule has 2 heterocycles. The summed E-state index contributed by atoms with van der Waals surface area (Å²) in [6.45, 7) is 6.10. The maximum atomic E-state index is 9.10. The number of benzene rings is 1. The SMILES string of the molecule is O=C(O)C(=O)O.c1ccc(-c2cnn(CCC[NH+]3CCOCC3)n2)cc1. The number of carboxylic acids is 2. The molecule has 1 aliphatic rings. The lowest BCUT2D eigenvalue weighted by atomic mass is 10.2. The Bertz CT molecular complexity index is 686. The molecule has 0 saturated carbocycles. The van der Waals surface area contributed by atoms with Gasteiger partial charge in [0.1, 0.15) is 18.8 Å². The van der Waals surface area contributed by atoms with Crippen LogP contribution in [0.4, 0.5) is 0 Å². The fraction of sp³-hybridized carbons (Fsp3) is 0.412. The minimum Gasteiger partial charge on any atom is -0.473 e. The van der Waals surface area contributed by atoms with Gasteiger partial charge in [-0.05, 0) is 0 Å². The highest BCUT2D eigenvalue weighted by Gasteiger charge is 2.13. The molecule has 0 atom stereocenters. The zero-order valence-electron chi connectivity index (χ0n) is 14.4. The molecule has 1 aromatic carbocycles. The van der Waals surface area contributed by atoms with Gasteiger partial charge < -0.3 is 19.8 Å². The van der Waals surface area contributed by atoms with E-state index in [4.69, 9.17) is 24.5 Å². The van der Waals surface area contributed by atoms with Crippen molar-refractivity contribution in [3.05, 3.63) is 36.5 Å². The van der Waals surface area contributed by atoms with E-state index in [2.05, 4.69) is 22.3 Å². The van der Waals surface area contributed by atoms with Crippen molar-refractivity contribution in [2.75, 3.05) is 32.8 Å². The molecule has 0 spiro atoms. The van der Waals surface area contributed by atoms with Crippen molar-refractivity contribution in [2.24, 2.45) is 0 Å². The van der Waals surface area contributed by atoms with Gasteiger partial charge in [-0.15, -0.1) is 0 Å². The summed E-state index contributed by atoms with van der Waals surface area (Å²) in [5.41, 5.74) is 2.07. The van der Waals surface area contributed by atoms with E-state index in [9.17, 15) is 0 Å². The third-order valence-corrected chi connectivity index (χ3v) is 3.88. The van der Waals surface area contributed by atoms with Crippen LogP contribution in [0.3, 0.4) is 0 Å². The van der Waals surface area contributed by atoms with Crippen LogP contribution in [-0.4, -0.2) is 70.0 Å². The first-order valence-electron chi connectivity index (χ1n) is 8.39. The molecule has 1 aliphatic heterocycles. The fourth-order valence-electron chi connectivity index (χ4n) is 2.53. The normalized spacial score (nSPS) is 14.3. The van der Waals surface area contributed by atoms with Gasteiger partial charge in [0.15, 0.2) is 0 Å². The summed E-state index contributed by atoms with van der Waals surface area (Å²) in [6, 6.07) is 10.2. The summed E-state index contributed by atoms with van der Waals surface area (Å²) in [5, 5.41) is 23.7. The van der Waals surface area contributed by atoms with Crippen molar-refractivity contribution < 1.29 is 29.4 Å². The van der Waals surface area contributed by atoms with E-state index in [1.807, 2.05) is 29.2 Å². The molecule has 1 aromatic heterocycles. The first kappa shape index (κ1) is 19.5. The van der Waals surface area contributed by atoms with Crippen LogP contribution in [0, 0.1) is 0 Å². The zero-order chi connectivity index (χ0) is 18.8. The third kappa shape index (κ3) is 6.61. The van der Waals surface area contributed by atoms with Crippen LogP contribution in [0.15, 0.2) is 36.5 Å². The molecule has 1 saturated heterocycles. The number of nitrogens with one attached hydrogen (secondary N) is 1. The van der Waals surface area contributed by atoms with Gasteiger partial charge in [0, 0.05) is 12.0 Å². The number of aromatic nitrogens is 3. The molecule has 0 unspecified atom stereocenters. The lowest BCUT2D eigenvalue weighted by Gasteiger charge is -2.23. The number of aryl methyl sites for hydroxylation is 1. The highest BCUT2D eigenvalue weighted by Crippen LogP contribution is 2.14. The molecule has 3 N–H and O–H groups in total. The summed E-state index contributed by atoms with van der Waals surface area (Å²) < 4.78 is 5.37. The molecule has 26 heavy (non-hydrogen) atoms. The summed E-state index contributed by atoms with van der Waals surface area (Å²) in [7, 11) is 0. The van der Waals surface area contributed by atoms with Gasteiger partial charge in [0.05, 0.1) is 32.5 Å². The van der Waals surface area contributed by atoms with Crippen LogP contribution in [0.5, 0.6) is 0 Å². The zero-order valence-corrected chi connectivity index (χ0v) is 14.4. The van der Waals surface area contributed by atoms with Crippen molar-refractivity contribution in [2.45, 2.75) is 13.0 Å². The van der Waals surface area contributed by atoms with E-state index >= 15 is 0 Å². The molecule has 0 aliphatic carbocycles. The number of hydrogen-bond donors (Lipinski definition) is 3. The van der Waals surface area contributed by atoms with Gasteiger partial charge in [-0.2, -0.15) is 15.0 Å². The molecule has 0 radical (unpaired) electrons. The lowest BCUT2D eigenvalue weighted by molar-refractivity contribution is -0.908. The van der Waals surface area contributed by atoms with Crippen molar-refractivity contribution in [1.29, 1.82) is 0 Å². The first-order valence-corrected chi connectivity index (χ1v) is 8.39. The van der Waals surface area contributed by atoms with Gasteiger partial charge in [-0.3, -0.25) is 0 Å². The van der Waals surface area contributed by atoms with Gasteiger partial charge in [-0.25, -0.2) is 9.59 Å². The number of nitrogens with zero attached hydrogens (tertiary/aromatic N) is 3. The second kappa shape index (κ2) is 10.3. The molecule has 2 aromatic rings. The second-order valence-corrected chi connectivity index (χ2v) is 5.77. The number of hydrogen-bond acceptors (Lipinski definition) is 5. The molecule has 9 nitrogen and oxygen atoms in total. The molecule has 1 fully saturated rings. The van der Waals surface area contributed by atoms with Gasteiger partial charge >= 0.3 is 11.9 Å². The average molecular weight is 363 g/mol. The van der Waals surface area contributed by atoms with Crippen molar-refractivity contribution in [3.63, 3.8) is 0 Å².